The van der Waals surface area contributed by atoms with E-state index in [1.165, 1.54) is 24.3 Å². The third-order valence-electron chi connectivity index (χ3n) is 5.07. The summed E-state index contributed by atoms with van der Waals surface area (Å²) in [6.45, 7) is 3.39. The quantitative estimate of drug-likeness (QED) is 0.858. The van der Waals surface area contributed by atoms with Crippen molar-refractivity contribution in [1.82, 2.24) is 0 Å². The van der Waals surface area contributed by atoms with Crippen LogP contribution in [0, 0.1) is 0 Å². The van der Waals surface area contributed by atoms with Crippen LogP contribution in [0.5, 0.6) is 0 Å². The molecule has 0 atom stereocenters. The molecular formula is C21H17NO5S. The zero-order valence-electron chi connectivity index (χ0n) is 15.2. The van der Waals surface area contributed by atoms with Crippen molar-refractivity contribution in [2.75, 3.05) is 4.90 Å². The van der Waals surface area contributed by atoms with Gasteiger partial charge in [-0.25, -0.2) is 13.2 Å². The number of carboxylic acid groups (broad SMARTS) is 1. The number of carbonyl (C=O) groups excluding carboxylic acids is 1. The lowest BCUT2D eigenvalue weighted by atomic mass is 9.97. The van der Waals surface area contributed by atoms with Crippen LogP contribution in [-0.2, 0) is 14.6 Å². The summed E-state index contributed by atoms with van der Waals surface area (Å²) in [5.74, 6) is -1.65. The lowest BCUT2D eigenvalue weighted by molar-refractivity contribution is -0.117. The van der Waals surface area contributed by atoms with Crippen molar-refractivity contribution in [3.8, 4) is 0 Å². The summed E-state index contributed by atoms with van der Waals surface area (Å²) >= 11 is 0. The Morgan fingerprint density at radius 1 is 1.00 bits per heavy atom. The molecule has 0 saturated heterocycles. The minimum atomic E-state index is -4.13. The van der Waals surface area contributed by atoms with E-state index in [9.17, 15) is 18.0 Å². The molecule has 0 unspecified atom stereocenters. The average molecular weight is 395 g/mol. The Labute approximate surface area is 162 Å². The van der Waals surface area contributed by atoms with Crippen molar-refractivity contribution in [2.24, 2.45) is 0 Å². The van der Waals surface area contributed by atoms with Crippen LogP contribution >= 0.6 is 0 Å². The summed E-state index contributed by atoms with van der Waals surface area (Å²) in [6.07, 6.45) is 3.44. The minimum absolute atomic E-state index is 0.0252. The van der Waals surface area contributed by atoms with Gasteiger partial charge in [0.2, 0.25) is 15.6 Å². The molecule has 0 amide bonds. The maximum atomic E-state index is 13.3. The zero-order chi connectivity index (χ0) is 20.3. The van der Waals surface area contributed by atoms with Crippen molar-refractivity contribution in [3.63, 3.8) is 0 Å². The first-order valence-corrected chi connectivity index (χ1v) is 10.1. The van der Waals surface area contributed by atoms with E-state index in [1.54, 1.807) is 30.9 Å². The second-order valence-corrected chi connectivity index (χ2v) is 9.05. The summed E-state index contributed by atoms with van der Waals surface area (Å²) in [5, 5.41) is 9.02. The SMILES string of the molecule is CC1(C)C(=O)C(S(=O)(=O)c2ccc(C(=O)O)cc2)=C2C=Cc3ccccc3N21. The van der Waals surface area contributed by atoms with Gasteiger partial charge >= 0.3 is 5.97 Å². The molecule has 6 nitrogen and oxygen atoms in total. The molecule has 2 aromatic carbocycles. The lowest BCUT2D eigenvalue weighted by Crippen LogP contribution is -2.45. The highest BCUT2D eigenvalue weighted by molar-refractivity contribution is 7.96. The van der Waals surface area contributed by atoms with Crippen molar-refractivity contribution >= 4 is 33.4 Å². The third kappa shape index (κ3) is 2.43. The number of nitrogens with zero attached hydrogens (tertiary/aromatic N) is 1. The molecule has 0 spiro atoms. The average Bonchev–Trinajstić information content (AvgIpc) is 2.88. The number of Topliss-reactive ketones (excluding diaryl/α,β-unsaturated/α-hetero) is 1. The number of carbonyl (C=O) groups is 2. The monoisotopic (exact) mass is 395 g/mol. The number of fused-ring (bicyclic) bond motifs is 3. The van der Waals surface area contributed by atoms with Crippen molar-refractivity contribution in [1.29, 1.82) is 0 Å². The molecule has 0 radical (unpaired) electrons. The number of sulfone groups is 1. The van der Waals surface area contributed by atoms with Crippen molar-refractivity contribution in [3.05, 3.63) is 76.3 Å². The topological polar surface area (TPSA) is 91.8 Å². The van der Waals surface area contributed by atoms with E-state index in [0.717, 1.165) is 11.3 Å². The van der Waals surface area contributed by atoms with Gasteiger partial charge in [0.25, 0.3) is 0 Å². The van der Waals surface area contributed by atoms with Crippen LogP contribution in [0.2, 0.25) is 0 Å². The Morgan fingerprint density at radius 3 is 2.29 bits per heavy atom. The van der Waals surface area contributed by atoms with E-state index in [0.29, 0.717) is 5.70 Å². The minimum Gasteiger partial charge on any atom is -0.478 e. The standard InChI is InChI=1S/C21H17NO5S/c1-21(2)19(23)18(17-12-9-13-5-3-4-6-16(13)22(17)21)28(26,27)15-10-7-14(8-11-15)20(24)25/h3-12H,1-2H3,(H,24,25). The number of ketones is 1. The van der Waals surface area contributed by atoms with Crippen LogP contribution in [-0.4, -0.2) is 30.8 Å². The molecule has 2 aliphatic rings. The maximum Gasteiger partial charge on any atom is 0.335 e. The fourth-order valence-electron chi connectivity index (χ4n) is 3.63. The van der Waals surface area contributed by atoms with E-state index in [1.807, 2.05) is 24.3 Å². The Balaban J connectivity index is 1.92. The van der Waals surface area contributed by atoms with Gasteiger partial charge in [-0.3, -0.25) is 4.79 Å². The Hall–Kier alpha value is -3.19. The summed E-state index contributed by atoms with van der Waals surface area (Å²) in [4.78, 5) is 25.6. The number of para-hydroxylation sites is 1. The number of hydrogen-bond donors (Lipinski definition) is 1. The van der Waals surface area contributed by atoms with Gasteiger partial charge in [0.05, 0.1) is 16.2 Å². The summed E-state index contributed by atoms with van der Waals surface area (Å²) in [7, 11) is -4.13. The molecule has 28 heavy (non-hydrogen) atoms. The highest BCUT2D eigenvalue weighted by Gasteiger charge is 2.51. The van der Waals surface area contributed by atoms with Gasteiger partial charge in [0.15, 0.2) is 0 Å². The Bertz CT molecular complexity index is 1190. The van der Waals surface area contributed by atoms with Gasteiger partial charge in [0.1, 0.15) is 10.4 Å². The van der Waals surface area contributed by atoms with E-state index < -0.39 is 27.1 Å². The fourth-order valence-corrected chi connectivity index (χ4v) is 5.29. The second kappa shape index (κ2) is 5.90. The Morgan fingerprint density at radius 2 is 1.64 bits per heavy atom. The molecule has 0 bridgehead atoms. The second-order valence-electron chi connectivity index (χ2n) is 7.16. The van der Waals surface area contributed by atoms with Gasteiger partial charge in [-0.2, -0.15) is 0 Å². The van der Waals surface area contributed by atoms with Gasteiger partial charge in [-0.15, -0.1) is 0 Å². The first-order chi connectivity index (χ1) is 13.2. The predicted molar refractivity (Wildman–Crippen MR) is 105 cm³/mol. The number of carboxylic acids is 1. The number of hydrogen-bond acceptors (Lipinski definition) is 5. The smallest absolute Gasteiger partial charge is 0.335 e. The summed E-state index contributed by atoms with van der Waals surface area (Å²) < 4.78 is 26.6. The molecule has 2 heterocycles. The van der Waals surface area contributed by atoms with Gasteiger partial charge in [0, 0.05) is 5.69 Å². The number of aromatic carboxylic acids is 1. The lowest BCUT2D eigenvalue weighted by Gasteiger charge is -2.36. The highest BCUT2D eigenvalue weighted by Crippen LogP contribution is 2.46. The summed E-state index contributed by atoms with van der Waals surface area (Å²) in [6, 6.07) is 12.3. The van der Waals surface area contributed by atoms with Crippen molar-refractivity contribution < 1.29 is 23.1 Å². The Kier molecular flexibility index (Phi) is 3.83. The molecule has 0 saturated carbocycles. The first kappa shape index (κ1) is 18.2. The van der Waals surface area contributed by atoms with Crippen LogP contribution in [0.4, 0.5) is 5.69 Å². The molecule has 0 aliphatic carbocycles. The molecule has 2 aliphatic heterocycles. The number of anilines is 1. The van der Waals surface area contributed by atoms with Gasteiger partial charge < -0.3 is 10.0 Å². The van der Waals surface area contributed by atoms with Crippen LogP contribution in [0.3, 0.4) is 0 Å². The van der Waals surface area contributed by atoms with E-state index in [2.05, 4.69) is 0 Å². The maximum absolute atomic E-state index is 13.3. The van der Waals surface area contributed by atoms with E-state index in [-0.39, 0.29) is 15.4 Å². The normalized spacial score (nSPS) is 17.5. The first-order valence-electron chi connectivity index (χ1n) is 8.60. The van der Waals surface area contributed by atoms with E-state index in [4.69, 9.17) is 5.11 Å². The number of benzene rings is 2. The van der Waals surface area contributed by atoms with E-state index >= 15 is 0 Å². The van der Waals surface area contributed by atoms with Gasteiger partial charge in [-0.05, 0) is 55.8 Å². The number of allylic oxidation sites excluding steroid dienone is 1. The molecule has 7 heteroatoms. The zero-order valence-corrected chi connectivity index (χ0v) is 16.0. The van der Waals surface area contributed by atoms with Crippen LogP contribution in [0.15, 0.2) is 70.1 Å². The molecule has 0 aromatic heterocycles. The summed E-state index contributed by atoms with van der Waals surface area (Å²) in [5.41, 5.74) is 0.903. The highest BCUT2D eigenvalue weighted by atomic mass is 32.2. The van der Waals surface area contributed by atoms with Gasteiger partial charge in [-0.1, -0.05) is 24.3 Å². The van der Waals surface area contributed by atoms with Crippen molar-refractivity contribution in [2.45, 2.75) is 24.3 Å². The molecule has 142 valence electrons. The third-order valence-corrected chi connectivity index (χ3v) is 6.90. The predicted octanol–water partition coefficient (Wildman–Crippen LogP) is 3.26. The molecule has 4 rings (SSSR count). The van der Waals surface area contributed by atoms with Crippen LogP contribution in [0.25, 0.3) is 6.08 Å². The molecule has 1 N–H and O–H groups in total. The fraction of sp³-hybridized carbons (Fsp3) is 0.143. The molecule has 2 aromatic rings. The molecule has 0 fully saturated rings. The molecular weight excluding hydrogens is 378 g/mol. The number of rotatable bonds is 3. The van der Waals surface area contributed by atoms with Crippen LogP contribution < -0.4 is 4.90 Å². The van der Waals surface area contributed by atoms with Crippen LogP contribution in [0.1, 0.15) is 29.8 Å². The largest absolute Gasteiger partial charge is 0.478 e.